The summed E-state index contributed by atoms with van der Waals surface area (Å²) in [5.41, 5.74) is 2.68. The van der Waals surface area contributed by atoms with Crippen molar-refractivity contribution in [3.05, 3.63) is 39.3 Å². The van der Waals surface area contributed by atoms with Crippen LogP contribution >= 0.6 is 0 Å². The summed E-state index contributed by atoms with van der Waals surface area (Å²) in [4.78, 5) is 36.9. The molecule has 0 fully saturated rings. The Morgan fingerprint density at radius 2 is 1.79 bits per heavy atom. The molecule has 8 heteroatoms. The van der Waals surface area contributed by atoms with Gasteiger partial charge in [0, 0.05) is 11.3 Å². The predicted molar refractivity (Wildman–Crippen MR) is 89.3 cm³/mol. The fraction of sp³-hybridized carbons (Fsp3) is 0.438. The first-order chi connectivity index (χ1) is 11.3. The van der Waals surface area contributed by atoms with Crippen LogP contribution < -0.4 is 15.6 Å². The summed E-state index contributed by atoms with van der Waals surface area (Å²) in [5.74, 6) is -0.346. The average molecular weight is 331 g/mol. The van der Waals surface area contributed by atoms with E-state index in [1.807, 2.05) is 6.92 Å². The minimum absolute atomic E-state index is 0.126. The van der Waals surface area contributed by atoms with Crippen LogP contribution in [0.5, 0.6) is 6.01 Å². The van der Waals surface area contributed by atoms with Crippen molar-refractivity contribution >= 4 is 11.6 Å². The first kappa shape index (κ1) is 17.6. The Balaban J connectivity index is 2.19. The molecule has 1 N–H and O–H groups in total. The van der Waals surface area contributed by atoms with Gasteiger partial charge in [-0.05, 0) is 34.6 Å². The van der Waals surface area contributed by atoms with Crippen LogP contribution in [0.3, 0.4) is 0 Å². The fourth-order valence-corrected chi connectivity index (χ4v) is 2.18. The number of anilines is 1. The van der Waals surface area contributed by atoms with Crippen molar-refractivity contribution in [2.24, 2.45) is 0 Å². The number of rotatable bonds is 5. The predicted octanol–water partition coefficient (Wildman–Crippen LogP) is 1.30. The van der Waals surface area contributed by atoms with E-state index in [2.05, 4.69) is 20.3 Å². The molecular weight excluding hydrogens is 310 g/mol. The molecule has 2 heterocycles. The van der Waals surface area contributed by atoms with Gasteiger partial charge in [0.05, 0.1) is 30.0 Å². The largest absolute Gasteiger partial charge is 0.464 e. The highest BCUT2D eigenvalue weighted by molar-refractivity contribution is 5.91. The normalized spacial score (nSPS) is 10.5. The number of amides is 1. The molecule has 2 aromatic rings. The highest BCUT2D eigenvalue weighted by Gasteiger charge is 2.14. The number of hydrogen-bond donors (Lipinski definition) is 1. The summed E-state index contributed by atoms with van der Waals surface area (Å²) in [6.07, 6.45) is 1.37. The second kappa shape index (κ2) is 7.20. The number of carbonyl (C=O) groups is 1. The molecule has 0 bridgehead atoms. The molecule has 0 saturated heterocycles. The van der Waals surface area contributed by atoms with Crippen molar-refractivity contribution in [1.29, 1.82) is 0 Å². The quantitative estimate of drug-likeness (QED) is 0.887. The zero-order valence-corrected chi connectivity index (χ0v) is 14.5. The van der Waals surface area contributed by atoms with E-state index in [1.165, 1.54) is 10.9 Å². The number of ether oxygens (including phenoxy) is 1. The van der Waals surface area contributed by atoms with E-state index in [0.717, 1.165) is 0 Å². The van der Waals surface area contributed by atoms with Crippen molar-refractivity contribution in [2.45, 2.75) is 41.2 Å². The molecular formula is C16H21N5O3. The molecule has 0 atom stereocenters. The smallest absolute Gasteiger partial charge is 0.316 e. The van der Waals surface area contributed by atoms with E-state index in [4.69, 9.17) is 4.74 Å². The van der Waals surface area contributed by atoms with Crippen molar-refractivity contribution in [3.8, 4) is 6.01 Å². The number of nitrogens with one attached hydrogen (secondary N) is 1. The average Bonchev–Trinajstić information content (AvgIpc) is 2.52. The van der Waals surface area contributed by atoms with E-state index in [1.54, 1.807) is 27.7 Å². The summed E-state index contributed by atoms with van der Waals surface area (Å²) < 4.78 is 6.55. The third-order valence-electron chi connectivity index (χ3n) is 3.62. The van der Waals surface area contributed by atoms with Gasteiger partial charge in [0.15, 0.2) is 0 Å². The van der Waals surface area contributed by atoms with Gasteiger partial charge in [0.2, 0.25) is 5.91 Å². The molecule has 0 saturated carbocycles. The van der Waals surface area contributed by atoms with Crippen LogP contribution in [0.1, 0.15) is 29.6 Å². The lowest BCUT2D eigenvalue weighted by Crippen LogP contribution is -2.30. The van der Waals surface area contributed by atoms with E-state index in [9.17, 15) is 9.59 Å². The third kappa shape index (κ3) is 3.76. The van der Waals surface area contributed by atoms with Crippen LogP contribution in [0.2, 0.25) is 0 Å². The van der Waals surface area contributed by atoms with Crippen LogP contribution in [0, 0.1) is 27.7 Å². The Morgan fingerprint density at radius 3 is 2.38 bits per heavy atom. The van der Waals surface area contributed by atoms with Gasteiger partial charge in [-0.15, -0.1) is 0 Å². The lowest BCUT2D eigenvalue weighted by molar-refractivity contribution is -0.116. The van der Waals surface area contributed by atoms with Gasteiger partial charge in [-0.25, -0.2) is 4.98 Å². The van der Waals surface area contributed by atoms with Gasteiger partial charge >= 0.3 is 6.01 Å². The number of hydrogen-bond acceptors (Lipinski definition) is 6. The molecule has 24 heavy (non-hydrogen) atoms. The van der Waals surface area contributed by atoms with Gasteiger partial charge in [-0.1, -0.05) is 0 Å². The van der Waals surface area contributed by atoms with E-state index in [-0.39, 0.29) is 24.0 Å². The number of nitrogens with zero attached hydrogens (tertiary/aromatic N) is 4. The molecule has 1 amide bonds. The van der Waals surface area contributed by atoms with Crippen LogP contribution in [-0.4, -0.2) is 32.0 Å². The molecule has 8 nitrogen and oxygen atoms in total. The van der Waals surface area contributed by atoms with Crippen molar-refractivity contribution in [1.82, 2.24) is 19.5 Å². The van der Waals surface area contributed by atoms with E-state index >= 15 is 0 Å². The minimum Gasteiger partial charge on any atom is -0.464 e. The highest BCUT2D eigenvalue weighted by atomic mass is 16.5. The lowest BCUT2D eigenvalue weighted by Gasteiger charge is -2.13. The first-order valence-electron chi connectivity index (χ1n) is 7.64. The summed E-state index contributed by atoms with van der Waals surface area (Å²) in [6.45, 7) is 9.15. The molecule has 0 unspecified atom stereocenters. The standard InChI is InChI=1S/C16H21N5O3/c1-6-24-16-18-11(4)14(12(5)19-16)20-13(22)7-21-8-17-10(3)9(2)15(21)23/h8H,6-7H2,1-5H3,(H,20,22). The second-order valence-electron chi connectivity index (χ2n) is 5.42. The summed E-state index contributed by atoms with van der Waals surface area (Å²) in [7, 11) is 0. The molecule has 0 aliphatic rings. The zero-order valence-electron chi connectivity index (χ0n) is 14.5. The maximum absolute atomic E-state index is 12.3. The minimum atomic E-state index is -0.346. The highest BCUT2D eigenvalue weighted by Crippen LogP contribution is 2.19. The van der Waals surface area contributed by atoms with E-state index in [0.29, 0.717) is 34.9 Å². The van der Waals surface area contributed by atoms with Crippen molar-refractivity contribution in [3.63, 3.8) is 0 Å². The maximum Gasteiger partial charge on any atom is 0.316 e. The Kier molecular flexibility index (Phi) is 5.28. The molecule has 0 aliphatic carbocycles. The molecule has 128 valence electrons. The molecule has 2 rings (SSSR count). The van der Waals surface area contributed by atoms with Gasteiger partial charge < -0.3 is 10.1 Å². The van der Waals surface area contributed by atoms with E-state index < -0.39 is 0 Å². The molecule has 0 aliphatic heterocycles. The van der Waals surface area contributed by atoms with Gasteiger partial charge in [-0.3, -0.25) is 14.2 Å². The lowest BCUT2D eigenvalue weighted by atomic mass is 10.2. The Labute approximate surface area is 139 Å². The first-order valence-corrected chi connectivity index (χ1v) is 7.64. The topological polar surface area (TPSA) is 99.0 Å². The summed E-state index contributed by atoms with van der Waals surface area (Å²) in [5, 5.41) is 2.75. The number of aromatic nitrogens is 4. The van der Waals surface area contributed by atoms with Crippen LogP contribution in [0.4, 0.5) is 5.69 Å². The maximum atomic E-state index is 12.3. The molecule has 0 aromatic carbocycles. The van der Waals surface area contributed by atoms with Crippen LogP contribution in [0.25, 0.3) is 0 Å². The molecule has 0 spiro atoms. The number of carbonyl (C=O) groups excluding carboxylic acids is 1. The second-order valence-corrected chi connectivity index (χ2v) is 5.42. The van der Waals surface area contributed by atoms with Gasteiger partial charge in [-0.2, -0.15) is 9.97 Å². The Bertz CT molecular complexity index is 806. The SMILES string of the molecule is CCOc1nc(C)c(NC(=O)Cn2cnc(C)c(C)c2=O)c(C)n1. The Morgan fingerprint density at radius 1 is 1.17 bits per heavy atom. The fourth-order valence-electron chi connectivity index (χ4n) is 2.18. The molecule has 0 radical (unpaired) electrons. The van der Waals surface area contributed by atoms with Crippen molar-refractivity contribution in [2.75, 3.05) is 11.9 Å². The van der Waals surface area contributed by atoms with Crippen LogP contribution in [-0.2, 0) is 11.3 Å². The van der Waals surface area contributed by atoms with Gasteiger partial charge in [0.25, 0.3) is 5.56 Å². The number of aryl methyl sites for hydroxylation is 3. The van der Waals surface area contributed by atoms with Crippen molar-refractivity contribution < 1.29 is 9.53 Å². The Hall–Kier alpha value is -2.77. The van der Waals surface area contributed by atoms with Crippen LogP contribution in [0.15, 0.2) is 11.1 Å². The third-order valence-corrected chi connectivity index (χ3v) is 3.62. The molecule has 2 aromatic heterocycles. The van der Waals surface area contributed by atoms with Gasteiger partial charge in [0.1, 0.15) is 6.54 Å². The monoisotopic (exact) mass is 331 g/mol. The summed E-state index contributed by atoms with van der Waals surface area (Å²) >= 11 is 0. The summed E-state index contributed by atoms with van der Waals surface area (Å²) in [6, 6.07) is 0.278. The zero-order chi connectivity index (χ0) is 17.9.